The topological polar surface area (TPSA) is 23.5 Å². The van der Waals surface area contributed by atoms with E-state index in [2.05, 4.69) is 0 Å². The standard InChI is InChI=1S/C15H22F3NO/c1-5-14(2,19(3)4)13(20)10-11-7-6-8-12(9-11)15(16,17)18/h6-9,13,20H,5,10H2,1-4H3. The van der Waals surface area contributed by atoms with Gasteiger partial charge in [-0.25, -0.2) is 0 Å². The van der Waals surface area contributed by atoms with Gasteiger partial charge in [-0.15, -0.1) is 0 Å². The van der Waals surface area contributed by atoms with Crippen molar-refractivity contribution in [2.24, 2.45) is 0 Å². The Morgan fingerprint density at radius 2 is 1.85 bits per heavy atom. The van der Waals surface area contributed by atoms with E-state index in [1.54, 1.807) is 6.07 Å². The molecule has 0 bridgehead atoms. The third-order valence-electron chi connectivity index (χ3n) is 4.14. The lowest BCUT2D eigenvalue weighted by Crippen LogP contribution is -2.51. The minimum absolute atomic E-state index is 0.201. The average molecular weight is 289 g/mol. The van der Waals surface area contributed by atoms with Crippen LogP contribution < -0.4 is 0 Å². The van der Waals surface area contributed by atoms with Gasteiger partial charge in [0.05, 0.1) is 11.7 Å². The minimum atomic E-state index is -4.35. The molecule has 114 valence electrons. The molecule has 0 aromatic heterocycles. The van der Waals surface area contributed by atoms with Crippen molar-refractivity contribution in [2.75, 3.05) is 14.1 Å². The summed E-state index contributed by atoms with van der Waals surface area (Å²) in [5.41, 5.74) is -0.645. The van der Waals surface area contributed by atoms with E-state index in [-0.39, 0.29) is 6.42 Å². The highest BCUT2D eigenvalue weighted by Gasteiger charge is 2.34. The number of benzene rings is 1. The zero-order valence-electron chi connectivity index (χ0n) is 12.3. The van der Waals surface area contributed by atoms with Crippen LogP contribution in [0, 0.1) is 0 Å². The number of aliphatic hydroxyl groups is 1. The van der Waals surface area contributed by atoms with E-state index in [9.17, 15) is 18.3 Å². The number of hydrogen-bond donors (Lipinski definition) is 1. The lowest BCUT2D eigenvalue weighted by molar-refractivity contribution is -0.137. The quantitative estimate of drug-likeness (QED) is 0.898. The minimum Gasteiger partial charge on any atom is -0.391 e. The summed E-state index contributed by atoms with van der Waals surface area (Å²) in [5.74, 6) is 0. The summed E-state index contributed by atoms with van der Waals surface area (Å²) in [6.45, 7) is 3.86. The van der Waals surface area contributed by atoms with Crippen molar-refractivity contribution < 1.29 is 18.3 Å². The van der Waals surface area contributed by atoms with Gasteiger partial charge in [0.1, 0.15) is 0 Å². The van der Waals surface area contributed by atoms with E-state index in [4.69, 9.17) is 0 Å². The van der Waals surface area contributed by atoms with Crippen LogP contribution in [0.3, 0.4) is 0 Å². The molecule has 0 spiro atoms. The lowest BCUT2D eigenvalue weighted by Gasteiger charge is -2.40. The Morgan fingerprint density at radius 1 is 1.25 bits per heavy atom. The number of alkyl halides is 3. The van der Waals surface area contributed by atoms with Crippen molar-refractivity contribution >= 4 is 0 Å². The molecule has 0 aliphatic heterocycles. The van der Waals surface area contributed by atoms with Crippen molar-refractivity contribution in [3.05, 3.63) is 35.4 Å². The number of likely N-dealkylation sites (N-methyl/N-ethyl adjacent to an activating group) is 1. The van der Waals surface area contributed by atoms with E-state index >= 15 is 0 Å². The van der Waals surface area contributed by atoms with E-state index in [0.717, 1.165) is 12.1 Å². The summed E-state index contributed by atoms with van der Waals surface area (Å²) in [6, 6.07) is 5.14. The van der Waals surface area contributed by atoms with E-state index in [0.29, 0.717) is 12.0 Å². The molecule has 20 heavy (non-hydrogen) atoms. The third-order valence-corrected chi connectivity index (χ3v) is 4.14. The van der Waals surface area contributed by atoms with Gasteiger partial charge in [0.25, 0.3) is 0 Å². The molecule has 0 aliphatic carbocycles. The molecule has 1 N–H and O–H groups in total. The molecule has 2 unspecified atom stereocenters. The monoisotopic (exact) mass is 289 g/mol. The van der Waals surface area contributed by atoms with Gasteiger partial charge < -0.3 is 10.0 Å². The zero-order valence-corrected chi connectivity index (χ0v) is 12.3. The van der Waals surface area contributed by atoms with Crippen molar-refractivity contribution in [1.29, 1.82) is 0 Å². The van der Waals surface area contributed by atoms with Crippen LogP contribution in [0.4, 0.5) is 13.2 Å². The highest BCUT2D eigenvalue weighted by atomic mass is 19.4. The number of nitrogens with zero attached hydrogens (tertiary/aromatic N) is 1. The molecule has 2 nitrogen and oxygen atoms in total. The van der Waals surface area contributed by atoms with Crippen LogP contribution in [0.1, 0.15) is 31.4 Å². The van der Waals surface area contributed by atoms with Crippen LogP contribution in [0.2, 0.25) is 0 Å². The first-order valence-corrected chi connectivity index (χ1v) is 6.63. The van der Waals surface area contributed by atoms with Crippen molar-refractivity contribution in [1.82, 2.24) is 4.90 Å². The van der Waals surface area contributed by atoms with Gasteiger partial charge in [-0.3, -0.25) is 0 Å². The molecule has 0 saturated heterocycles. The van der Waals surface area contributed by atoms with Gasteiger partial charge >= 0.3 is 6.18 Å². The predicted molar refractivity (Wildman–Crippen MR) is 73.5 cm³/mol. The number of hydrogen-bond acceptors (Lipinski definition) is 2. The Bertz CT molecular complexity index is 445. The Hall–Kier alpha value is -1.07. The molecule has 2 atom stereocenters. The molecule has 0 radical (unpaired) electrons. The second kappa shape index (κ2) is 6.14. The van der Waals surface area contributed by atoms with Gasteiger partial charge in [-0.1, -0.05) is 25.1 Å². The lowest BCUT2D eigenvalue weighted by atomic mass is 9.86. The van der Waals surface area contributed by atoms with Crippen LogP contribution in [-0.2, 0) is 12.6 Å². The zero-order chi connectivity index (χ0) is 15.6. The molecular weight excluding hydrogens is 267 g/mol. The Labute approximate surface area is 118 Å². The Morgan fingerprint density at radius 3 is 2.30 bits per heavy atom. The van der Waals surface area contributed by atoms with E-state index in [1.165, 1.54) is 6.07 Å². The van der Waals surface area contributed by atoms with Crippen LogP contribution in [0.5, 0.6) is 0 Å². The molecule has 1 aromatic carbocycles. The average Bonchev–Trinajstić information content (AvgIpc) is 2.36. The first kappa shape index (κ1) is 17.0. The summed E-state index contributed by atoms with van der Waals surface area (Å²) in [5, 5.41) is 10.4. The first-order chi connectivity index (χ1) is 9.11. The Balaban J connectivity index is 2.94. The summed E-state index contributed by atoms with van der Waals surface area (Å²) in [6.07, 6.45) is -4.17. The molecule has 0 amide bonds. The fourth-order valence-corrected chi connectivity index (χ4v) is 2.17. The Kier molecular flexibility index (Phi) is 5.21. The maximum Gasteiger partial charge on any atom is 0.416 e. The smallest absolute Gasteiger partial charge is 0.391 e. The first-order valence-electron chi connectivity index (χ1n) is 6.63. The molecule has 0 saturated carbocycles. The number of rotatable bonds is 5. The summed E-state index contributed by atoms with van der Waals surface area (Å²) in [4.78, 5) is 1.91. The molecule has 5 heteroatoms. The second-order valence-electron chi connectivity index (χ2n) is 5.52. The van der Waals surface area contributed by atoms with Gasteiger partial charge in [-0.05, 0) is 39.1 Å². The van der Waals surface area contributed by atoms with Gasteiger partial charge in [-0.2, -0.15) is 13.2 Å². The van der Waals surface area contributed by atoms with Crippen molar-refractivity contribution in [3.8, 4) is 0 Å². The van der Waals surface area contributed by atoms with Gasteiger partial charge in [0, 0.05) is 12.0 Å². The van der Waals surface area contributed by atoms with Crippen molar-refractivity contribution in [3.63, 3.8) is 0 Å². The second-order valence-corrected chi connectivity index (χ2v) is 5.52. The summed E-state index contributed by atoms with van der Waals surface area (Å²) >= 11 is 0. The number of aliphatic hydroxyl groups excluding tert-OH is 1. The molecular formula is C15H22F3NO. The molecule has 0 heterocycles. The summed E-state index contributed by atoms with van der Waals surface area (Å²) in [7, 11) is 3.72. The predicted octanol–water partition coefficient (Wildman–Crippen LogP) is 3.34. The fourth-order valence-electron chi connectivity index (χ4n) is 2.17. The van der Waals surface area contributed by atoms with E-state index in [1.807, 2.05) is 32.8 Å². The van der Waals surface area contributed by atoms with Crippen LogP contribution in [0.15, 0.2) is 24.3 Å². The fraction of sp³-hybridized carbons (Fsp3) is 0.600. The maximum absolute atomic E-state index is 12.7. The SMILES string of the molecule is CCC(C)(C(O)Cc1cccc(C(F)(F)F)c1)N(C)C. The van der Waals surface area contributed by atoms with Gasteiger partial charge in [0.2, 0.25) is 0 Å². The largest absolute Gasteiger partial charge is 0.416 e. The van der Waals surface area contributed by atoms with Crippen molar-refractivity contribution in [2.45, 2.75) is 44.5 Å². The molecule has 1 aromatic rings. The van der Waals surface area contributed by atoms with Crippen LogP contribution in [0.25, 0.3) is 0 Å². The van der Waals surface area contributed by atoms with Gasteiger partial charge in [0.15, 0.2) is 0 Å². The molecule has 1 rings (SSSR count). The third kappa shape index (κ3) is 3.73. The van der Waals surface area contributed by atoms with Crippen LogP contribution >= 0.6 is 0 Å². The number of halogens is 3. The highest BCUT2D eigenvalue weighted by molar-refractivity contribution is 5.26. The highest BCUT2D eigenvalue weighted by Crippen LogP contribution is 2.30. The normalized spacial score (nSPS) is 17.1. The van der Waals surface area contributed by atoms with E-state index < -0.39 is 23.4 Å². The van der Waals surface area contributed by atoms with Crippen LogP contribution in [-0.4, -0.2) is 35.7 Å². The summed E-state index contributed by atoms with van der Waals surface area (Å²) < 4.78 is 38.0. The molecule has 0 aliphatic rings. The maximum atomic E-state index is 12.7. The molecule has 0 fully saturated rings.